The topological polar surface area (TPSA) is 126 Å². The molecular formula is C32H51N5O5. The van der Waals surface area contributed by atoms with Gasteiger partial charge in [0.15, 0.2) is 0 Å². The van der Waals surface area contributed by atoms with Gasteiger partial charge in [-0.1, -0.05) is 19.8 Å². The van der Waals surface area contributed by atoms with Crippen LogP contribution in [0.1, 0.15) is 68.6 Å². The number of morpholine rings is 1. The Labute approximate surface area is 251 Å². The fraction of sp³-hybridized carbons (Fsp3) is 0.719. The molecule has 3 aliphatic rings. The highest BCUT2D eigenvalue weighted by atomic mass is 16.5. The van der Waals surface area contributed by atoms with Crippen molar-refractivity contribution >= 4 is 17.7 Å². The maximum atomic E-state index is 13.1. The van der Waals surface area contributed by atoms with Crippen molar-refractivity contribution in [1.29, 1.82) is 0 Å². The number of nitrogens with two attached hydrogens (primary N) is 1. The molecule has 1 aliphatic carbocycles. The lowest BCUT2D eigenvalue weighted by Gasteiger charge is -2.38. The van der Waals surface area contributed by atoms with Crippen LogP contribution in [0.4, 0.5) is 0 Å². The van der Waals surface area contributed by atoms with Crippen LogP contribution in [0, 0.1) is 17.8 Å². The molecule has 0 spiro atoms. The minimum atomic E-state index is -0.400. The van der Waals surface area contributed by atoms with Crippen LogP contribution in [0.15, 0.2) is 24.3 Å². The molecule has 10 heteroatoms. The van der Waals surface area contributed by atoms with Gasteiger partial charge in [0.05, 0.1) is 13.2 Å². The number of piperazine rings is 1. The molecule has 2 aliphatic heterocycles. The molecule has 3 fully saturated rings. The largest absolute Gasteiger partial charge is 0.493 e. The van der Waals surface area contributed by atoms with Gasteiger partial charge in [0.25, 0.3) is 11.8 Å². The second kappa shape index (κ2) is 16.8. The minimum Gasteiger partial charge on any atom is -0.493 e. The van der Waals surface area contributed by atoms with Crippen LogP contribution in [-0.2, 0) is 14.3 Å². The van der Waals surface area contributed by atoms with E-state index in [0.29, 0.717) is 88.8 Å². The second-order valence-electron chi connectivity index (χ2n) is 12.3. The lowest BCUT2D eigenvalue weighted by molar-refractivity contribution is -0.149. The summed E-state index contributed by atoms with van der Waals surface area (Å²) in [6, 6.07) is 7.34. The number of hydrogen-bond donors (Lipinski definition) is 3. The van der Waals surface area contributed by atoms with Crippen molar-refractivity contribution in [2.45, 2.75) is 64.4 Å². The van der Waals surface area contributed by atoms with Gasteiger partial charge in [-0.25, -0.2) is 0 Å². The molecule has 1 aromatic rings. The zero-order chi connectivity index (χ0) is 29.7. The maximum absolute atomic E-state index is 13.1. The quantitative estimate of drug-likeness (QED) is 0.304. The van der Waals surface area contributed by atoms with Crippen molar-refractivity contribution in [3.05, 3.63) is 29.8 Å². The summed E-state index contributed by atoms with van der Waals surface area (Å²) in [5, 5.41) is 6.13. The Kier molecular flexibility index (Phi) is 12.9. The number of rotatable bonds is 13. The lowest BCUT2D eigenvalue weighted by atomic mass is 9.76. The minimum absolute atomic E-state index is 0.0386. The van der Waals surface area contributed by atoms with Crippen LogP contribution in [0.3, 0.4) is 0 Å². The Morgan fingerprint density at radius 2 is 1.81 bits per heavy atom. The van der Waals surface area contributed by atoms with Gasteiger partial charge in [-0.2, -0.15) is 0 Å². The Balaban J connectivity index is 1.12. The van der Waals surface area contributed by atoms with Crippen LogP contribution in [-0.4, -0.2) is 99.2 Å². The molecule has 4 rings (SSSR count). The summed E-state index contributed by atoms with van der Waals surface area (Å²) in [5.74, 6) is 2.42. The number of nitrogens with zero attached hydrogens (tertiary/aromatic N) is 2. The smallest absolute Gasteiger partial charge is 0.253 e. The number of amides is 3. The standard InChI is InChI=1S/C32H51N5O5/c1-24(23-42-28-9-7-27(8-10-28)31(39)35-12-3-2-11-33)19-25-5-4-6-26(20-25)21-30(38)36-14-16-37(17-15-36)32(40)29-22-34-13-18-41-29/h7-10,24-26,29,34H,2-6,11-23,33H2,1H3,(H,35,39). The number of ether oxygens (including phenoxy) is 2. The number of nitrogens with one attached hydrogen (secondary N) is 2. The van der Waals surface area contributed by atoms with E-state index in [4.69, 9.17) is 15.2 Å². The third-order valence-electron chi connectivity index (χ3n) is 8.80. The van der Waals surface area contributed by atoms with Crippen LogP contribution < -0.4 is 21.1 Å². The summed E-state index contributed by atoms with van der Waals surface area (Å²) in [6.07, 6.45) is 7.68. The van der Waals surface area contributed by atoms with Crippen molar-refractivity contribution in [1.82, 2.24) is 20.4 Å². The third-order valence-corrected chi connectivity index (χ3v) is 8.80. The van der Waals surface area contributed by atoms with Gasteiger partial charge < -0.3 is 35.6 Å². The van der Waals surface area contributed by atoms with Gasteiger partial charge in [0.1, 0.15) is 11.9 Å². The van der Waals surface area contributed by atoms with E-state index < -0.39 is 6.10 Å². The fourth-order valence-electron chi connectivity index (χ4n) is 6.43. The molecule has 10 nitrogen and oxygen atoms in total. The molecule has 2 saturated heterocycles. The summed E-state index contributed by atoms with van der Waals surface area (Å²) in [7, 11) is 0. The number of hydrogen-bond acceptors (Lipinski definition) is 7. The molecule has 4 unspecified atom stereocenters. The van der Waals surface area contributed by atoms with Gasteiger partial charge >= 0.3 is 0 Å². The highest BCUT2D eigenvalue weighted by Crippen LogP contribution is 2.35. The monoisotopic (exact) mass is 585 g/mol. The number of unbranched alkanes of at least 4 members (excludes halogenated alkanes) is 1. The first-order valence-corrected chi connectivity index (χ1v) is 16.0. The first kappa shape index (κ1) is 32.2. The van der Waals surface area contributed by atoms with Crippen molar-refractivity contribution in [2.24, 2.45) is 23.5 Å². The molecule has 3 amide bonds. The molecule has 2 heterocycles. The fourth-order valence-corrected chi connectivity index (χ4v) is 6.43. The zero-order valence-corrected chi connectivity index (χ0v) is 25.4. The zero-order valence-electron chi connectivity index (χ0n) is 25.4. The van der Waals surface area contributed by atoms with E-state index in [1.807, 2.05) is 21.9 Å². The highest BCUT2D eigenvalue weighted by Gasteiger charge is 2.32. The predicted molar refractivity (Wildman–Crippen MR) is 162 cm³/mol. The molecule has 4 atom stereocenters. The SMILES string of the molecule is CC(COc1ccc(C(=O)NCCCCN)cc1)CC1CCCC(CC(=O)N2CCN(C(=O)C3CNCCO3)CC2)C1. The molecular weight excluding hydrogens is 534 g/mol. The first-order chi connectivity index (χ1) is 20.4. The Hall–Kier alpha value is -2.69. The van der Waals surface area contributed by atoms with Gasteiger partial charge in [-0.15, -0.1) is 0 Å². The van der Waals surface area contributed by atoms with Gasteiger partial charge in [0.2, 0.25) is 5.91 Å². The second-order valence-corrected chi connectivity index (χ2v) is 12.3. The normalized spacial score (nSPS) is 23.7. The van der Waals surface area contributed by atoms with Crippen LogP contribution in [0.25, 0.3) is 0 Å². The molecule has 42 heavy (non-hydrogen) atoms. The Morgan fingerprint density at radius 1 is 1.07 bits per heavy atom. The van der Waals surface area contributed by atoms with Gasteiger partial charge in [-0.05, 0) is 80.7 Å². The molecule has 4 N–H and O–H groups in total. The summed E-state index contributed by atoms with van der Waals surface area (Å²) < 4.78 is 11.7. The Bertz CT molecular complexity index is 992. The van der Waals surface area contributed by atoms with Crippen LogP contribution in [0.5, 0.6) is 5.75 Å². The molecule has 1 saturated carbocycles. The van der Waals surface area contributed by atoms with E-state index in [-0.39, 0.29) is 17.7 Å². The van der Waals surface area contributed by atoms with E-state index in [9.17, 15) is 14.4 Å². The first-order valence-electron chi connectivity index (χ1n) is 16.0. The predicted octanol–water partition coefficient (Wildman–Crippen LogP) is 2.42. The molecule has 1 aromatic carbocycles. The van der Waals surface area contributed by atoms with Crippen molar-refractivity contribution in [2.75, 3.05) is 65.6 Å². The van der Waals surface area contributed by atoms with Crippen molar-refractivity contribution in [3.63, 3.8) is 0 Å². The summed E-state index contributed by atoms with van der Waals surface area (Å²) in [5.41, 5.74) is 6.13. The van der Waals surface area contributed by atoms with E-state index in [1.54, 1.807) is 12.1 Å². The third kappa shape index (κ3) is 9.95. The van der Waals surface area contributed by atoms with E-state index >= 15 is 0 Å². The van der Waals surface area contributed by atoms with Crippen LogP contribution in [0.2, 0.25) is 0 Å². The number of carbonyl (C=O) groups excluding carboxylic acids is 3. The molecule has 0 bridgehead atoms. The lowest BCUT2D eigenvalue weighted by Crippen LogP contribution is -2.56. The highest BCUT2D eigenvalue weighted by molar-refractivity contribution is 5.94. The molecule has 0 aromatic heterocycles. The molecule has 0 radical (unpaired) electrons. The molecule has 234 valence electrons. The maximum Gasteiger partial charge on any atom is 0.253 e. The van der Waals surface area contributed by atoms with E-state index in [0.717, 1.165) is 44.4 Å². The van der Waals surface area contributed by atoms with Gasteiger partial charge in [0, 0.05) is 57.8 Å². The summed E-state index contributed by atoms with van der Waals surface area (Å²) in [6.45, 7) is 8.43. The Morgan fingerprint density at radius 3 is 2.52 bits per heavy atom. The van der Waals surface area contributed by atoms with Crippen molar-refractivity contribution in [3.8, 4) is 5.75 Å². The number of carbonyl (C=O) groups is 3. The van der Waals surface area contributed by atoms with E-state index in [2.05, 4.69) is 17.6 Å². The van der Waals surface area contributed by atoms with Gasteiger partial charge in [-0.3, -0.25) is 14.4 Å². The van der Waals surface area contributed by atoms with Crippen LogP contribution >= 0.6 is 0 Å². The number of benzene rings is 1. The van der Waals surface area contributed by atoms with E-state index in [1.165, 1.54) is 12.8 Å². The summed E-state index contributed by atoms with van der Waals surface area (Å²) >= 11 is 0. The average Bonchev–Trinajstić information content (AvgIpc) is 3.02. The summed E-state index contributed by atoms with van der Waals surface area (Å²) in [4.78, 5) is 41.9. The average molecular weight is 586 g/mol. The van der Waals surface area contributed by atoms with Crippen molar-refractivity contribution < 1.29 is 23.9 Å².